The number of H-pyrrole nitrogens is 1. The summed E-state index contributed by atoms with van der Waals surface area (Å²) in [7, 11) is 1.61. The highest BCUT2D eigenvalue weighted by atomic mass is 16.5. The van der Waals surface area contributed by atoms with Crippen molar-refractivity contribution in [3.05, 3.63) is 30.1 Å². The third-order valence-electron chi connectivity index (χ3n) is 4.94. The highest BCUT2D eigenvalue weighted by Crippen LogP contribution is 2.24. The number of hydrogen-bond donors (Lipinski definition) is 3. The second-order valence-corrected chi connectivity index (χ2v) is 7.21. The molecular weight excluding hydrogens is 358 g/mol. The molecule has 0 bridgehead atoms. The van der Waals surface area contributed by atoms with Gasteiger partial charge in [-0.25, -0.2) is 4.98 Å². The van der Waals surface area contributed by atoms with E-state index in [1.807, 2.05) is 31.2 Å². The third-order valence-corrected chi connectivity index (χ3v) is 4.94. The van der Waals surface area contributed by atoms with E-state index in [-0.39, 0.29) is 36.7 Å². The van der Waals surface area contributed by atoms with E-state index in [0.717, 1.165) is 37.0 Å². The van der Waals surface area contributed by atoms with Crippen LogP contribution in [0, 0.1) is 5.92 Å². The molecule has 8 nitrogen and oxygen atoms in total. The van der Waals surface area contributed by atoms with Crippen LogP contribution in [0.15, 0.2) is 24.3 Å². The predicted octanol–water partition coefficient (Wildman–Crippen LogP) is 2.18. The van der Waals surface area contributed by atoms with Crippen LogP contribution in [0.3, 0.4) is 0 Å². The summed E-state index contributed by atoms with van der Waals surface area (Å²) < 4.78 is 5.14. The Bertz CT molecular complexity index is 796. The predicted molar refractivity (Wildman–Crippen MR) is 104 cm³/mol. The van der Waals surface area contributed by atoms with E-state index in [1.54, 1.807) is 7.11 Å². The summed E-state index contributed by atoms with van der Waals surface area (Å²) in [6.07, 6.45) is 4.36. The number of rotatable bonds is 8. The molecule has 0 radical (unpaired) electrons. The fourth-order valence-electron chi connectivity index (χ4n) is 3.38. The zero-order valence-corrected chi connectivity index (χ0v) is 16.3. The molecule has 8 heteroatoms. The van der Waals surface area contributed by atoms with Crippen molar-refractivity contribution in [2.75, 3.05) is 7.11 Å². The van der Waals surface area contributed by atoms with Crippen LogP contribution in [0.2, 0.25) is 0 Å². The average molecular weight is 385 g/mol. The monoisotopic (exact) mass is 385 g/mol. The number of amides is 2. The van der Waals surface area contributed by atoms with Crippen molar-refractivity contribution in [3.8, 4) is 17.1 Å². The minimum Gasteiger partial charge on any atom is -0.497 e. The zero-order chi connectivity index (χ0) is 19.9. The van der Waals surface area contributed by atoms with Gasteiger partial charge in [0.05, 0.1) is 13.7 Å². The molecule has 1 atom stereocenters. The van der Waals surface area contributed by atoms with Crippen molar-refractivity contribution in [1.82, 2.24) is 25.8 Å². The molecule has 3 rings (SSSR count). The molecule has 1 heterocycles. The molecule has 28 heavy (non-hydrogen) atoms. The van der Waals surface area contributed by atoms with Gasteiger partial charge in [0, 0.05) is 23.9 Å². The van der Waals surface area contributed by atoms with Crippen LogP contribution < -0.4 is 15.4 Å². The normalized spacial score (nSPS) is 15.2. The minimum atomic E-state index is -0.197. The Morgan fingerprint density at radius 3 is 2.64 bits per heavy atom. The van der Waals surface area contributed by atoms with Crippen molar-refractivity contribution >= 4 is 11.8 Å². The fraction of sp³-hybridized carbons (Fsp3) is 0.500. The van der Waals surface area contributed by atoms with Gasteiger partial charge in [-0.05, 0) is 44.0 Å². The molecule has 1 aromatic carbocycles. The van der Waals surface area contributed by atoms with Crippen LogP contribution >= 0.6 is 0 Å². The SMILES string of the molecule is COc1ccc(-c2n[nH]c(CNC(=O)CC(C)NC(=O)C3CCCC3)n2)cc1. The summed E-state index contributed by atoms with van der Waals surface area (Å²) >= 11 is 0. The Labute approximate surface area is 164 Å². The average Bonchev–Trinajstić information content (AvgIpc) is 3.38. The van der Waals surface area contributed by atoms with E-state index in [4.69, 9.17) is 4.74 Å². The van der Waals surface area contributed by atoms with Crippen LogP contribution in [0.25, 0.3) is 11.4 Å². The molecule has 150 valence electrons. The van der Waals surface area contributed by atoms with Crippen molar-refractivity contribution in [1.29, 1.82) is 0 Å². The quantitative estimate of drug-likeness (QED) is 0.645. The van der Waals surface area contributed by atoms with Gasteiger partial charge in [0.1, 0.15) is 11.6 Å². The minimum absolute atomic E-state index is 0.0668. The number of nitrogens with one attached hydrogen (secondary N) is 3. The van der Waals surface area contributed by atoms with E-state index in [1.165, 1.54) is 0 Å². The fourth-order valence-corrected chi connectivity index (χ4v) is 3.38. The first kappa shape index (κ1) is 19.9. The molecule has 1 fully saturated rings. The molecule has 3 N–H and O–H groups in total. The number of nitrogens with zero attached hydrogens (tertiary/aromatic N) is 2. The maximum atomic E-state index is 12.1. The summed E-state index contributed by atoms with van der Waals surface area (Å²) in [6, 6.07) is 7.23. The molecule has 0 aliphatic heterocycles. The van der Waals surface area contributed by atoms with Crippen LogP contribution in [0.1, 0.15) is 44.9 Å². The summed E-state index contributed by atoms with van der Waals surface area (Å²) in [5, 5.41) is 12.8. The van der Waals surface area contributed by atoms with Crippen LogP contribution in [0.5, 0.6) is 5.75 Å². The lowest BCUT2D eigenvalue weighted by molar-refractivity contribution is -0.126. The number of carbonyl (C=O) groups excluding carboxylic acids is 2. The molecule has 1 aromatic heterocycles. The largest absolute Gasteiger partial charge is 0.497 e. The van der Waals surface area contributed by atoms with E-state index < -0.39 is 0 Å². The van der Waals surface area contributed by atoms with E-state index in [2.05, 4.69) is 25.8 Å². The van der Waals surface area contributed by atoms with Crippen LogP contribution in [-0.2, 0) is 16.1 Å². The lowest BCUT2D eigenvalue weighted by Crippen LogP contribution is -2.39. The van der Waals surface area contributed by atoms with E-state index in [0.29, 0.717) is 11.6 Å². The number of methoxy groups -OCH3 is 1. The lowest BCUT2D eigenvalue weighted by atomic mass is 10.1. The number of aromatic nitrogens is 3. The topological polar surface area (TPSA) is 109 Å². The third kappa shape index (κ3) is 5.31. The number of hydrogen-bond acceptors (Lipinski definition) is 5. The maximum absolute atomic E-state index is 12.1. The van der Waals surface area contributed by atoms with Crippen molar-refractivity contribution < 1.29 is 14.3 Å². The first-order valence-corrected chi connectivity index (χ1v) is 9.68. The smallest absolute Gasteiger partial charge is 0.223 e. The highest BCUT2D eigenvalue weighted by molar-refractivity contribution is 5.81. The zero-order valence-electron chi connectivity index (χ0n) is 16.3. The standard InChI is InChI=1S/C20H27N5O3/c1-13(22-20(27)15-5-3-4-6-15)11-18(26)21-12-17-23-19(25-24-17)14-7-9-16(28-2)10-8-14/h7-10,13,15H,3-6,11-12H2,1-2H3,(H,21,26)(H,22,27)(H,23,24,25). The molecule has 0 spiro atoms. The van der Waals surface area contributed by atoms with Gasteiger partial charge in [0.2, 0.25) is 11.8 Å². The summed E-state index contributed by atoms with van der Waals surface area (Å²) in [5.41, 5.74) is 0.859. The van der Waals surface area contributed by atoms with Gasteiger partial charge in [-0.1, -0.05) is 12.8 Å². The van der Waals surface area contributed by atoms with Gasteiger partial charge in [-0.2, -0.15) is 5.10 Å². The maximum Gasteiger partial charge on any atom is 0.223 e. The molecular formula is C20H27N5O3. The van der Waals surface area contributed by atoms with Crippen molar-refractivity contribution in [3.63, 3.8) is 0 Å². The first-order chi connectivity index (χ1) is 13.5. The molecule has 1 aliphatic carbocycles. The van der Waals surface area contributed by atoms with E-state index >= 15 is 0 Å². The Morgan fingerprint density at radius 1 is 1.25 bits per heavy atom. The molecule has 0 saturated heterocycles. The van der Waals surface area contributed by atoms with E-state index in [9.17, 15) is 9.59 Å². The van der Waals surface area contributed by atoms with Gasteiger partial charge in [0.25, 0.3) is 0 Å². The summed E-state index contributed by atoms with van der Waals surface area (Å²) in [5.74, 6) is 1.93. The highest BCUT2D eigenvalue weighted by Gasteiger charge is 2.24. The summed E-state index contributed by atoms with van der Waals surface area (Å²) in [6.45, 7) is 2.11. The Hall–Kier alpha value is -2.90. The molecule has 1 saturated carbocycles. The Morgan fingerprint density at radius 2 is 1.96 bits per heavy atom. The number of ether oxygens (including phenoxy) is 1. The van der Waals surface area contributed by atoms with Crippen molar-refractivity contribution in [2.24, 2.45) is 5.92 Å². The number of aromatic amines is 1. The first-order valence-electron chi connectivity index (χ1n) is 9.68. The van der Waals surface area contributed by atoms with Crippen LogP contribution in [0.4, 0.5) is 0 Å². The lowest BCUT2D eigenvalue weighted by Gasteiger charge is -2.16. The van der Waals surface area contributed by atoms with Gasteiger partial charge < -0.3 is 15.4 Å². The van der Waals surface area contributed by atoms with Gasteiger partial charge in [-0.3, -0.25) is 14.7 Å². The summed E-state index contributed by atoms with van der Waals surface area (Å²) in [4.78, 5) is 28.7. The number of benzene rings is 1. The number of carbonyl (C=O) groups is 2. The van der Waals surface area contributed by atoms with Gasteiger partial charge >= 0.3 is 0 Å². The van der Waals surface area contributed by atoms with Crippen LogP contribution in [-0.4, -0.2) is 40.1 Å². The van der Waals surface area contributed by atoms with Gasteiger partial charge in [-0.15, -0.1) is 0 Å². The Kier molecular flexibility index (Phi) is 6.62. The van der Waals surface area contributed by atoms with Gasteiger partial charge in [0.15, 0.2) is 5.82 Å². The molecule has 1 unspecified atom stereocenters. The molecule has 2 amide bonds. The molecule has 1 aliphatic rings. The molecule has 2 aromatic rings. The van der Waals surface area contributed by atoms with Crippen molar-refractivity contribution in [2.45, 2.75) is 51.6 Å². The second-order valence-electron chi connectivity index (χ2n) is 7.21. The second kappa shape index (κ2) is 9.34. The Balaban J connectivity index is 1.44.